The van der Waals surface area contributed by atoms with Crippen LogP contribution in [0.15, 0.2) is 48.5 Å². The zero-order valence-corrected chi connectivity index (χ0v) is 14.5. The lowest BCUT2D eigenvalue weighted by Gasteiger charge is -2.19. The van der Waals surface area contributed by atoms with Crippen LogP contribution in [-0.2, 0) is 10.2 Å². The molecule has 2 rings (SSSR count). The monoisotopic (exact) mass is 331 g/mol. The average Bonchev–Trinajstić information content (AvgIpc) is 2.49. The largest absolute Gasteiger partial charge is 0.493 e. The first-order valence-corrected chi connectivity index (χ1v) is 8.02. The number of para-hydroxylation sites is 1. The lowest BCUT2D eigenvalue weighted by Crippen LogP contribution is -2.15. The molecule has 1 amide bonds. The van der Waals surface area contributed by atoms with Crippen molar-refractivity contribution in [3.05, 3.63) is 59.1 Å². The van der Waals surface area contributed by atoms with Gasteiger partial charge < -0.3 is 10.1 Å². The van der Waals surface area contributed by atoms with E-state index in [-0.39, 0.29) is 17.7 Å². The second kappa shape index (κ2) is 7.51. The van der Waals surface area contributed by atoms with E-state index in [1.807, 2.05) is 24.3 Å². The predicted molar refractivity (Wildman–Crippen MR) is 95.3 cm³/mol. The van der Waals surface area contributed by atoms with Gasteiger partial charge in [-0.25, -0.2) is 0 Å². The van der Waals surface area contributed by atoms with Crippen molar-refractivity contribution in [2.75, 3.05) is 11.9 Å². The van der Waals surface area contributed by atoms with Gasteiger partial charge in [-0.05, 0) is 35.2 Å². The van der Waals surface area contributed by atoms with E-state index in [4.69, 9.17) is 16.3 Å². The van der Waals surface area contributed by atoms with Crippen LogP contribution in [0.25, 0.3) is 0 Å². The van der Waals surface area contributed by atoms with Crippen molar-refractivity contribution in [1.29, 1.82) is 0 Å². The molecule has 1 N–H and O–H groups in total. The number of carbonyl (C=O) groups is 1. The third-order valence-corrected chi connectivity index (χ3v) is 3.80. The molecule has 0 radical (unpaired) electrons. The molecular weight excluding hydrogens is 310 g/mol. The summed E-state index contributed by atoms with van der Waals surface area (Å²) >= 11 is 6.00. The third-order valence-electron chi connectivity index (χ3n) is 3.47. The number of hydrogen-bond donors (Lipinski definition) is 1. The number of hydrogen-bond acceptors (Lipinski definition) is 2. The molecule has 0 aliphatic carbocycles. The second-order valence-electron chi connectivity index (χ2n) is 6.40. The number of anilines is 1. The van der Waals surface area contributed by atoms with Crippen LogP contribution in [0, 0.1) is 0 Å². The number of ether oxygens (including phenoxy) is 1. The van der Waals surface area contributed by atoms with Crippen molar-refractivity contribution in [3.63, 3.8) is 0 Å². The smallest absolute Gasteiger partial charge is 0.227 e. The van der Waals surface area contributed by atoms with Crippen molar-refractivity contribution in [2.24, 2.45) is 0 Å². The van der Waals surface area contributed by atoms with E-state index in [1.54, 1.807) is 12.1 Å². The fraction of sp³-hybridized carbons (Fsp3) is 0.316. The Labute approximate surface area is 142 Å². The maximum absolute atomic E-state index is 11.9. The summed E-state index contributed by atoms with van der Waals surface area (Å²) in [5, 5.41) is 3.30. The van der Waals surface area contributed by atoms with Crippen LogP contribution in [0.5, 0.6) is 5.75 Å². The fourth-order valence-electron chi connectivity index (χ4n) is 2.09. The highest BCUT2D eigenvalue weighted by molar-refractivity contribution is 6.33. The molecule has 0 spiro atoms. The summed E-state index contributed by atoms with van der Waals surface area (Å²) in [7, 11) is 0. The maximum Gasteiger partial charge on any atom is 0.227 e. The van der Waals surface area contributed by atoms with E-state index >= 15 is 0 Å². The molecule has 0 saturated heterocycles. The standard InChI is InChI=1S/C19H22ClNO2/c1-19(2,3)14-8-10-15(11-9-14)23-13-12-18(22)21-17-7-5-4-6-16(17)20/h4-11H,12-13H2,1-3H3,(H,21,22). The Morgan fingerprint density at radius 2 is 1.74 bits per heavy atom. The van der Waals surface area contributed by atoms with Crippen LogP contribution >= 0.6 is 11.6 Å². The third kappa shape index (κ3) is 5.29. The number of nitrogens with one attached hydrogen (secondary N) is 1. The zero-order chi connectivity index (χ0) is 16.9. The van der Waals surface area contributed by atoms with Gasteiger partial charge in [0, 0.05) is 0 Å². The fourth-order valence-corrected chi connectivity index (χ4v) is 2.27. The molecule has 2 aromatic rings. The molecule has 122 valence electrons. The molecule has 0 aliphatic heterocycles. The quantitative estimate of drug-likeness (QED) is 0.833. The lowest BCUT2D eigenvalue weighted by molar-refractivity contribution is -0.116. The highest BCUT2D eigenvalue weighted by Crippen LogP contribution is 2.24. The Balaban J connectivity index is 1.81. The van der Waals surface area contributed by atoms with Gasteiger partial charge >= 0.3 is 0 Å². The minimum Gasteiger partial charge on any atom is -0.493 e. The second-order valence-corrected chi connectivity index (χ2v) is 6.81. The van der Waals surface area contributed by atoms with Crippen molar-refractivity contribution in [1.82, 2.24) is 0 Å². The van der Waals surface area contributed by atoms with Crippen LogP contribution in [0.2, 0.25) is 5.02 Å². The van der Waals surface area contributed by atoms with Crippen molar-refractivity contribution >= 4 is 23.2 Å². The van der Waals surface area contributed by atoms with E-state index in [0.29, 0.717) is 17.3 Å². The summed E-state index contributed by atoms with van der Waals surface area (Å²) in [6.07, 6.45) is 0.270. The van der Waals surface area contributed by atoms with Gasteiger partial charge in [-0.3, -0.25) is 4.79 Å². The number of benzene rings is 2. The zero-order valence-electron chi connectivity index (χ0n) is 13.7. The summed E-state index contributed by atoms with van der Waals surface area (Å²) < 4.78 is 5.62. The summed E-state index contributed by atoms with van der Waals surface area (Å²) in [5.41, 5.74) is 1.99. The molecule has 0 aromatic heterocycles. The van der Waals surface area contributed by atoms with Crippen LogP contribution in [0.3, 0.4) is 0 Å². The van der Waals surface area contributed by atoms with Crippen molar-refractivity contribution in [3.8, 4) is 5.75 Å². The van der Waals surface area contributed by atoms with E-state index < -0.39 is 0 Å². The van der Waals surface area contributed by atoms with E-state index in [2.05, 4.69) is 38.2 Å². The molecule has 3 nitrogen and oxygen atoms in total. The Hall–Kier alpha value is -2.00. The summed E-state index contributed by atoms with van der Waals surface area (Å²) in [6, 6.07) is 15.1. The minimum atomic E-state index is -0.121. The van der Waals surface area contributed by atoms with Crippen LogP contribution in [-0.4, -0.2) is 12.5 Å². The van der Waals surface area contributed by atoms with Gasteiger partial charge in [0.25, 0.3) is 0 Å². The molecule has 0 unspecified atom stereocenters. The molecule has 0 atom stereocenters. The number of halogens is 1. The lowest BCUT2D eigenvalue weighted by atomic mass is 9.87. The van der Waals surface area contributed by atoms with Gasteiger partial charge in [-0.15, -0.1) is 0 Å². The number of amides is 1. The molecular formula is C19H22ClNO2. The van der Waals surface area contributed by atoms with Crippen molar-refractivity contribution < 1.29 is 9.53 Å². The Bertz CT molecular complexity index is 660. The Kier molecular flexibility index (Phi) is 5.67. The summed E-state index contributed by atoms with van der Waals surface area (Å²) in [6.45, 7) is 6.83. The van der Waals surface area contributed by atoms with Gasteiger partial charge in [0.05, 0.1) is 23.7 Å². The van der Waals surface area contributed by atoms with Gasteiger partial charge in [0.2, 0.25) is 5.91 Å². The number of carbonyl (C=O) groups excluding carboxylic acids is 1. The average molecular weight is 332 g/mol. The molecule has 0 bridgehead atoms. The summed E-state index contributed by atoms with van der Waals surface area (Å²) in [5.74, 6) is 0.646. The van der Waals surface area contributed by atoms with Crippen LogP contribution < -0.4 is 10.1 Å². The van der Waals surface area contributed by atoms with Crippen LogP contribution in [0.1, 0.15) is 32.8 Å². The van der Waals surface area contributed by atoms with E-state index in [0.717, 1.165) is 5.75 Å². The van der Waals surface area contributed by atoms with Gasteiger partial charge in [0.1, 0.15) is 5.75 Å². The van der Waals surface area contributed by atoms with Crippen molar-refractivity contribution in [2.45, 2.75) is 32.6 Å². The Morgan fingerprint density at radius 3 is 2.35 bits per heavy atom. The molecule has 0 fully saturated rings. The first-order chi connectivity index (χ1) is 10.9. The predicted octanol–water partition coefficient (Wildman–Crippen LogP) is 5.05. The molecule has 23 heavy (non-hydrogen) atoms. The number of rotatable bonds is 5. The molecule has 4 heteroatoms. The van der Waals surface area contributed by atoms with Gasteiger partial charge in [0.15, 0.2) is 0 Å². The first kappa shape index (κ1) is 17.4. The van der Waals surface area contributed by atoms with Gasteiger partial charge in [-0.2, -0.15) is 0 Å². The minimum absolute atomic E-state index is 0.118. The SMILES string of the molecule is CC(C)(C)c1ccc(OCCC(=O)Nc2ccccc2Cl)cc1. The topological polar surface area (TPSA) is 38.3 Å². The highest BCUT2D eigenvalue weighted by atomic mass is 35.5. The maximum atomic E-state index is 11.9. The van der Waals surface area contributed by atoms with E-state index in [9.17, 15) is 4.79 Å². The summed E-state index contributed by atoms with van der Waals surface area (Å²) in [4.78, 5) is 11.9. The highest BCUT2D eigenvalue weighted by Gasteiger charge is 2.13. The molecule has 0 aliphatic rings. The van der Waals surface area contributed by atoms with E-state index in [1.165, 1.54) is 5.56 Å². The first-order valence-electron chi connectivity index (χ1n) is 7.64. The van der Waals surface area contributed by atoms with Gasteiger partial charge in [-0.1, -0.05) is 56.6 Å². The Morgan fingerprint density at radius 1 is 1.09 bits per heavy atom. The normalized spacial score (nSPS) is 11.1. The molecule has 0 heterocycles. The molecule has 0 saturated carbocycles. The van der Waals surface area contributed by atoms with Crippen LogP contribution in [0.4, 0.5) is 5.69 Å². The molecule has 2 aromatic carbocycles.